The fraction of sp³-hybridized carbons (Fsp3) is 0.136. The smallest absolute Gasteiger partial charge is 0.417 e. The van der Waals surface area contributed by atoms with Crippen molar-refractivity contribution in [2.45, 2.75) is 19.0 Å². The number of hydrogen-bond donors (Lipinski definition) is 0. The summed E-state index contributed by atoms with van der Waals surface area (Å²) in [5.74, 6) is -1.31. The summed E-state index contributed by atoms with van der Waals surface area (Å²) in [7, 11) is 0. The van der Waals surface area contributed by atoms with E-state index in [4.69, 9.17) is 9.47 Å². The molecule has 0 atom stereocenters. The Bertz CT molecular complexity index is 1040. The van der Waals surface area contributed by atoms with Gasteiger partial charge in [0.15, 0.2) is 0 Å². The molecule has 0 radical (unpaired) electrons. The van der Waals surface area contributed by atoms with Gasteiger partial charge in [0.1, 0.15) is 18.1 Å². The van der Waals surface area contributed by atoms with E-state index in [1.54, 1.807) is 0 Å². The Morgan fingerprint density at radius 2 is 1.35 bits per heavy atom. The van der Waals surface area contributed by atoms with Crippen molar-refractivity contribution in [2.24, 2.45) is 0 Å². The molecule has 0 aliphatic heterocycles. The van der Waals surface area contributed by atoms with Gasteiger partial charge in [-0.15, -0.1) is 0 Å². The molecule has 0 aliphatic rings. The van der Waals surface area contributed by atoms with E-state index in [1.807, 2.05) is 30.3 Å². The largest absolute Gasteiger partial charge is 0.489 e. The van der Waals surface area contributed by atoms with Gasteiger partial charge in [-0.05, 0) is 48.0 Å². The molecule has 3 rings (SSSR count). The van der Waals surface area contributed by atoms with E-state index in [9.17, 15) is 31.1 Å². The Morgan fingerprint density at radius 3 is 1.94 bits per heavy atom. The first-order valence-corrected chi connectivity index (χ1v) is 8.81. The van der Waals surface area contributed by atoms with Crippen LogP contribution in [-0.2, 0) is 19.0 Å². The number of carbonyl (C=O) groups is 1. The predicted octanol–water partition coefficient (Wildman–Crippen LogP) is 6.52. The van der Waals surface area contributed by atoms with Crippen molar-refractivity contribution in [1.29, 1.82) is 0 Å². The van der Waals surface area contributed by atoms with Crippen LogP contribution in [0, 0.1) is 0 Å². The third kappa shape index (κ3) is 5.78. The van der Waals surface area contributed by atoms with Gasteiger partial charge in [0, 0.05) is 0 Å². The van der Waals surface area contributed by atoms with Crippen molar-refractivity contribution in [2.75, 3.05) is 0 Å². The summed E-state index contributed by atoms with van der Waals surface area (Å²) in [5, 5.41) is 0. The van der Waals surface area contributed by atoms with Crippen LogP contribution in [0.25, 0.3) is 0 Å². The third-order valence-corrected chi connectivity index (χ3v) is 4.15. The highest BCUT2D eigenvalue weighted by atomic mass is 19.4. The molecule has 0 N–H and O–H groups in total. The Kier molecular flexibility index (Phi) is 6.24. The summed E-state index contributed by atoms with van der Waals surface area (Å²) in [6, 6.07) is 15.2. The van der Waals surface area contributed by atoms with E-state index < -0.39 is 35.0 Å². The molecule has 0 saturated carbocycles. The van der Waals surface area contributed by atoms with Crippen LogP contribution in [0.1, 0.15) is 27.0 Å². The number of halogens is 6. The maximum atomic E-state index is 13.1. The molecule has 0 bridgehead atoms. The van der Waals surface area contributed by atoms with Crippen LogP contribution in [0.15, 0.2) is 72.8 Å². The molecule has 3 aromatic carbocycles. The topological polar surface area (TPSA) is 35.5 Å². The highest BCUT2D eigenvalue weighted by molar-refractivity contribution is 5.93. The number of carbonyl (C=O) groups excluding carboxylic acids is 1. The molecule has 0 unspecified atom stereocenters. The van der Waals surface area contributed by atoms with Gasteiger partial charge in [0.25, 0.3) is 0 Å². The first-order valence-electron chi connectivity index (χ1n) is 8.81. The van der Waals surface area contributed by atoms with Crippen molar-refractivity contribution in [1.82, 2.24) is 0 Å². The number of rotatable bonds is 5. The summed E-state index contributed by atoms with van der Waals surface area (Å²) >= 11 is 0. The molecular formula is C22H14F6O3. The van der Waals surface area contributed by atoms with Crippen LogP contribution < -0.4 is 9.47 Å². The van der Waals surface area contributed by atoms with Crippen molar-refractivity contribution in [3.8, 4) is 11.5 Å². The van der Waals surface area contributed by atoms with E-state index >= 15 is 0 Å². The minimum Gasteiger partial charge on any atom is -0.489 e. The lowest BCUT2D eigenvalue weighted by Gasteiger charge is -2.15. The van der Waals surface area contributed by atoms with Crippen LogP contribution in [0.3, 0.4) is 0 Å². The quantitative estimate of drug-likeness (QED) is 0.257. The van der Waals surface area contributed by atoms with Gasteiger partial charge >= 0.3 is 18.3 Å². The van der Waals surface area contributed by atoms with E-state index in [1.165, 1.54) is 24.3 Å². The normalized spacial score (nSPS) is 11.8. The van der Waals surface area contributed by atoms with E-state index in [2.05, 4.69) is 0 Å². The lowest BCUT2D eigenvalue weighted by molar-refractivity contribution is -0.141. The molecule has 0 amide bonds. The summed E-state index contributed by atoms with van der Waals surface area (Å²) in [6.45, 7) is 0.263. The number of esters is 1. The molecule has 162 valence electrons. The van der Waals surface area contributed by atoms with Crippen LogP contribution >= 0.6 is 0 Å². The second-order valence-corrected chi connectivity index (χ2v) is 6.39. The van der Waals surface area contributed by atoms with Gasteiger partial charge in [0.05, 0.1) is 16.7 Å². The fourth-order valence-electron chi connectivity index (χ4n) is 2.64. The zero-order chi connectivity index (χ0) is 22.6. The Labute approximate surface area is 172 Å². The van der Waals surface area contributed by atoms with Gasteiger partial charge in [-0.3, -0.25) is 0 Å². The molecule has 0 aromatic heterocycles. The van der Waals surface area contributed by atoms with Gasteiger partial charge in [-0.25, -0.2) is 4.79 Å². The number of ether oxygens (including phenoxy) is 2. The molecule has 0 aliphatic carbocycles. The number of alkyl halides is 6. The average Bonchev–Trinajstić information content (AvgIpc) is 2.72. The first kappa shape index (κ1) is 22.2. The molecule has 9 heteroatoms. The zero-order valence-corrected chi connectivity index (χ0v) is 15.6. The van der Waals surface area contributed by atoms with Gasteiger partial charge in [-0.2, -0.15) is 26.3 Å². The average molecular weight is 440 g/mol. The lowest BCUT2D eigenvalue weighted by atomic mass is 10.0. The zero-order valence-electron chi connectivity index (χ0n) is 15.6. The summed E-state index contributed by atoms with van der Waals surface area (Å²) in [5.41, 5.74) is -3.24. The summed E-state index contributed by atoms with van der Waals surface area (Å²) in [4.78, 5) is 12.2. The maximum absolute atomic E-state index is 13.1. The molecule has 0 saturated heterocycles. The van der Waals surface area contributed by atoms with Crippen molar-refractivity contribution >= 4 is 5.97 Å². The second kappa shape index (κ2) is 8.71. The Morgan fingerprint density at radius 1 is 0.742 bits per heavy atom. The van der Waals surface area contributed by atoms with Crippen molar-refractivity contribution < 1.29 is 40.6 Å². The molecule has 31 heavy (non-hydrogen) atoms. The number of hydrogen-bond acceptors (Lipinski definition) is 3. The summed E-state index contributed by atoms with van der Waals surface area (Å²) < 4.78 is 88.5. The van der Waals surface area contributed by atoms with Crippen LogP contribution in [0.5, 0.6) is 11.5 Å². The first-order chi connectivity index (χ1) is 14.5. The SMILES string of the molecule is O=C(Oc1ccc(OCc2ccccc2)cc1)c1cc(C(F)(F)F)ccc1C(F)(F)F. The van der Waals surface area contributed by atoms with Gasteiger partial charge in [-0.1, -0.05) is 30.3 Å². The Balaban J connectivity index is 1.76. The molecular weight excluding hydrogens is 426 g/mol. The third-order valence-electron chi connectivity index (χ3n) is 4.15. The van der Waals surface area contributed by atoms with Crippen LogP contribution in [-0.4, -0.2) is 5.97 Å². The highest BCUT2D eigenvalue weighted by Crippen LogP contribution is 2.37. The number of benzene rings is 3. The van der Waals surface area contributed by atoms with E-state index in [-0.39, 0.29) is 30.6 Å². The molecule has 3 nitrogen and oxygen atoms in total. The maximum Gasteiger partial charge on any atom is 0.417 e. The molecule has 0 spiro atoms. The van der Waals surface area contributed by atoms with Gasteiger partial charge in [0.2, 0.25) is 0 Å². The van der Waals surface area contributed by atoms with E-state index in [0.717, 1.165) is 5.56 Å². The lowest BCUT2D eigenvalue weighted by Crippen LogP contribution is -2.19. The standard InChI is InChI=1S/C22H14F6O3/c23-21(24,25)15-6-11-19(22(26,27)28)18(12-15)20(29)31-17-9-7-16(8-10-17)30-13-14-4-2-1-3-5-14/h1-12H,13H2. The second-order valence-electron chi connectivity index (χ2n) is 6.39. The van der Waals surface area contributed by atoms with Crippen LogP contribution in [0.2, 0.25) is 0 Å². The minimum absolute atomic E-state index is 0.127. The van der Waals surface area contributed by atoms with Crippen LogP contribution in [0.4, 0.5) is 26.3 Å². The Hall–Kier alpha value is -3.49. The highest BCUT2D eigenvalue weighted by Gasteiger charge is 2.39. The van der Waals surface area contributed by atoms with Crippen molar-refractivity contribution in [3.05, 3.63) is 95.1 Å². The predicted molar refractivity (Wildman–Crippen MR) is 98.6 cm³/mol. The monoisotopic (exact) mass is 440 g/mol. The summed E-state index contributed by atoms with van der Waals surface area (Å²) in [6.07, 6.45) is -9.95. The molecule has 0 heterocycles. The van der Waals surface area contributed by atoms with E-state index in [0.29, 0.717) is 5.75 Å². The van der Waals surface area contributed by atoms with Gasteiger partial charge < -0.3 is 9.47 Å². The minimum atomic E-state index is -5.03. The van der Waals surface area contributed by atoms with Crippen molar-refractivity contribution in [3.63, 3.8) is 0 Å². The molecule has 0 fully saturated rings. The fourth-order valence-corrected chi connectivity index (χ4v) is 2.64. The molecule has 3 aromatic rings.